The van der Waals surface area contributed by atoms with Crippen LogP contribution in [-0.4, -0.2) is 37.2 Å². The second-order valence-corrected chi connectivity index (χ2v) is 5.10. The molecule has 2 aliphatic heterocycles. The number of fused-ring (bicyclic) bond motifs is 1. The summed E-state index contributed by atoms with van der Waals surface area (Å²) in [5.74, 6) is 1.10. The van der Waals surface area contributed by atoms with Crippen LogP contribution in [-0.2, 0) is 13.0 Å². The third kappa shape index (κ3) is 2.45. The maximum Gasteiger partial charge on any atom is 0.123 e. The van der Waals surface area contributed by atoms with Crippen molar-refractivity contribution < 1.29 is 4.74 Å². The standard InChI is InChI=1S/C14H20N2O/c1-11-8-13-3-2-12(9-14(13)17-11)10-16-6-4-15-5-7-16/h2-3,9,11,15H,4-8,10H2,1H3. The molecule has 17 heavy (non-hydrogen) atoms. The molecule has 1 aromatic carbocycles. The van der Waals surface area contributed by atoms with E-state index in [-0.39, 0.29) is 0 Å². The number of nitrogens with one attached hydrogen (secondary N) is 1. The lowest BCUT2D eigenvalue weighted by molar-refractivity contribution is 0.232. The number of hydrogen-bond acceptors (Lipinski definition) is 3. The molecule has 0 spiro atoms. The van der Waals surface area contributed by atoms with Crippen LogP contribution in [0.1, 0.15) is 18.1 Å². The molecule has 0 amide bonds. The lowest BCUT2D eigenvalue weighted by Crippen LogP contribution is -2.42. The molecule has 1 fully saturated rings. The van der Waals surface area contributed by atoms with E-state index in [0.717, 1.165) is 44.9 Å². The smallest absolute Gasteiger partial charge is 0.123 e. The summed E-state index contributed by atoms with van der Waals surface area (Å²) in [5, 5.41) is 3.38. The van der Waals surface area contributed by atoms with Crippen LogP contribution in [0.3, 0.4) is 0 Å². The van der Waals surface area contributed by atoms with Crippen LogP contribution in [0.15, 0.2) is 18.2 Å². The summed E-state index contributed by atoms with van der Waals surface area (Å²) >= 11 is 0. The van der Waals surface area contributed by atoms with Crippen molar-refractivity contribution in [2.45, 2.75) is 26.0 Å². The quantitative estimate of drug-likeness (QED) is 0.834. The SMILES string of the molecule is CC1Cc2ccc(CN3CCNCC3)cc2O1. The summed E-state index contributed by atoms with van der Waals surface area (Å²) in [7, 11) is 0. The molecule has 2 aliphatic rings. The van der Waals surface area contributed by atoms with Crippen molar-refractivity contribution in [2.24, 2.45) is 0 Å². The van der Waals surface area contributed by atoms with E-state index >= 15 is 0 Å². The van der Waals surface area contributed by atoms with Crippen molar-refractivity contribution in [3.05, 3.63) is 29.3 Å². The zero-order chi connectivity index (χ0) is 11.7. The van der Waals surface area contributed by atoms with Crippen molar-refractivity contribution >= 4 is 0 Å². The van der Waals surface area contributed by atoms with Crippen molar-refractivity contribution in [1.29, 1.82) is 0 Å². The molecule has 3 heteroatoms. The lowest BCUT2D eigenvalue weighted by atomic mass is 10.1. The maximum absolute atomic E-state index is 5.81. The highest BCUT2D eigenvalue weighted by molar-refractivity contribution is 5.40. The molecule has 92 valence electrons. The summed E-state index contributed by atoms with van der Waals surface area (Å²) in [5.41, 5.74) is 2.74. The Morgan fingerprint density at radius 2 is 2.18 bits per heavy atom. The van der Waals surface area contributed by atoms with Crippen molar-refractivity contribution in [2.75, 3.05) is 26.2 Å². The highest BCUT2D eigenvalue weighted by Crippen LogP contribution is 2.29. The topological polar surface area (TPSA) is 24.5 Å². The lowest BCUT2D eigenvalue weighted by Gasteiger charge is -2.27. The Hall–Kier alpha value is -1.06. The van der Waals surface area contributed by atoms with Crippen LogP contribution in [0.4, 0.5) is 0 Å². The van der Waals surface area contributed by atoms with Crippen LogP contribution >= 0.6 is 0 Å². The van der Waals surface area contributed by atoms with Gasteiger partial charge >= 0.3 is 0 Å². The van der Waals surface area contributed by atoms with Gasteiger partial charge in [0.2, 0.25) is 0 Å². The van der Waals surface area contributed by atoms with Gasteiger partial charge in [0.25, 0.3) is 0 Å². The van der Waals surface area contributed by atoms with Gasteiger partial charge in [-0.05, 0) is 24.1 Å². The molecule has 1 aromatic rings. The summed E-state index contributed by atoms with van der Waals surface area (Å²) in [4.78, 5) is 2.50. The molecule has 3 rings (SSSR count). The summed E-state index contributed by atoms with van der Waals surface area (Å²) in [6.45, 7) is 7.70. The Balaban J connectivity index is 1.69. The average Bonchev–Trinajstić information content (AvgIpc) is 2.70. The Morgan fingerprint density at radius 1 is 1.35 bits per heavy atom. The Kier molecular flexibility index (Phi) is 3.04. The average molecular weight is 232 g/mol. The predicted octanol–water partition coefficient (Wildman–Crippen LogP) is 1.42. The normalized spacial score (nSPS) is 24.4. The summed E-state index contributed by atoms with van der Waals surface area (Å²) in [6, 6.07) is 6.71. The predicted molar refractivity (Wildman–Crippen MR) is 68.4 cm³/mol. The number of piperazine rings is 1. The minimum atomic E-state index is 0.347. The molecule has 1 atom stereocenters. The largest absolute Gasteiger partial charge is 0.490 e. The van der Waals surface area contributed by atoms with Gasteiger partial charge in [-0.3, -0.25) is 4.90 Å². The Morgan fingerprint density at radius 3 is 3.00 bits per heavy atom. The van der Waals surface area contributed by atoms with E-state index in [1.807, 2.05) is 0 Å². The van der Waals surface area contributed by atoms with E-state index < -0.39 is 0 Å². The maximum atomic E-state index is 5.81. The van der Waals surface area contributed by atoms with Crippen LogP contribution in [0.5, 0.6) is 5.75 Å². The number of ether oxygens (including phenoxy) is 1. The number of hydrogen-bond donors (Lipinski definition) is 1. The van der Waals surface area contributed by atoms with Crippen LogP contribution in [0.2, 0.25) is 0 Å². The second-order valence-electron chi connectivity index (χ2n) is 5.10. The van der Waals surface area contributed by atoms with Gasteiger partial charge in [-0.1, -0.05) is 12.1 Å². The molecule has 1 N–H and O–H groups in total. The number of nitrogens with zero attached hydrogens (tertiary/aromatic N) is 1. The fraction of sp³-hybridized carbons (Fsp3) is 0.571. The number of rotatable bonds is 2. The first-order valence-electron chi connectivity index (χ1n) is 6.53. The van der Waals surface area contributed by atoms with Gasteiger partial charge in [0.1, 0.15) is 11.9 Å². The van der Waals surface area contributed by atoms with Crippen LogP contribution in [0, 0.1) is 0 Å². The van der Waals surface area contributed by atoms with E-state index in [1.54, 1.807) is 0 Å². The molecular formula is C14H20N2O. The molecule has 0 bridgehead atoms. The molecule has 3 nitrogen and oxygen atoms in total. The van der Waals surface area contributed by atoms with Crippen molar-refractivity contribution in [3.8, 4) is 5.75 Å². The highest BCUT2D eigenvalue weighted by atomic mass is 16.5. The first-order valence-corrected chi connectivity index (χ1v) is 6.53. The van der Waals surface area contributed by atoms with E-state index in [2.05, 4.69) is 35.3 Å². The minimum absolute atomic E-state index is 0.347. The Bertz CT molecular complexity index is 399. The molecular weight excluding hydrogens is 212 g/mol. The Labute approximate surface area is 103 Å². The molecule has 0 radical (unpaired) electrons. The van der Waals surface area contributed by atoms with Gasteiger partial charge in [-0.15, -0.1) is 0 Å². The van der Waals surface area contributed by atoms with Gasteiger partial charge < -0.3 is 10.1 Å². The van der Waals surface area contributed by atoms with Gasteiger partial charge in [-0.2, -0.15) is 0 Å². The van der Waals surface area contributed by atoms with Crippen molar-refractivity contribution in [1.82, 2.24) is 10.2 Å². The molecule has 0 aliphatic carbocycles. The molecule has 2 heterocycles. The van der Waals surface area contributed by atoms with E-state index in [4.69, 9.17) is 4.74 Å². The minimum Gasteiger partial charge on any atom is -0.490 e. The molecule has 0 saturated carbocycles. The molecule has 1 unspecified atom stereocenters. The third-order valence-electron chi connectivity index (χ3n) is 3.58. The number of benzene rings is 1. The van der Waals surface area contributed by atoms with Crippen LogP contribution < -0.4 is 10.1 Å². The fourth-order valence-corrected chi connectivity index (χ4v) is 2.67. The van der Waals surface area contributed by atoms with Gasteiger partial charge in [0.15, 0.2) is 0 Å². The summed E-state index contributed by atoms with van der Waals surface area (Å²) in [6.07, 6.45) is 1.41. The van der Waals surface area contributed by atoms with Crippen LogP contribution in [0.25, 0.3) is 0 Å². The zero-order valence-electron chi connectivity index (χ0n) is 10.4. The van der Waals surface area contributed by atoms with Gasteiger partial charge in [-0.25, -0.2) is 0 Å². The van der Waals surface area contributed by atoms with Crippen molar-refractivity contribution in [3.63, 3.8) is 0 Å². The second kappa shape index (κ2) is 4.67. The monoisotopic (exact) mass is 232 g/mol. The summed E-state index contributed by atoms with van der Waals surface area (Å²) < 4.78 is 5.81. The van der Waals surface area contributed by atoms with Gasteiger partial charge in [0, 0.05) is 39.1 Å². The third-order valence-corrected chi connectivity index (χ3v) is 3.58. The van der Waals surface area contributed by atoms with E-state index in [0.29, 0.717) is 6.10 Å². The van der Waals surface area contributed by atoms with Gasteiger partial charge in [0.05, 0.1) is 0 Å². The molecule has 1 saturated heterocycles. The molecule has 0 aromatic heterocycles. The first kappa shape index (κ1) is 11.1. The van der Waals surface area contributed by atoms with E-state index in [1.165, 1.54) is 11.1 Å². The zero-order valence-corrected chi connectivity index (χ0v) is 10.4. The fourth-order valence-electron chi connectivity index (χ4n) is 2.67. The highest BCUT2D eigenvalue weighted by Gasteiger charge is 2.19. The van der Waals surface area contributed by atoms with E-state index in [9.17, 15) is 0 Å². The first-order chi connectivity index (χ1) is 8.31.